The molecule has 36 heavy (non-hydrogen) atoms. The van der Waals surface area contributed by atoms with Crippen molar-refractivity contribution < 1.29 is 38.2 Å². The summed E-state index contributed by atoms with van der Waals surface area (Å²) >= 11 is 1.11. The van der Waals surface area contributed by atoms with Gasteiger partial charge in [0.25, 0.3) is 0 Å². The number of hydrogen-bond donors (Lipinski definition) is 4. The van der Waals surface area contributed by atoms with Crippen LogP contribution in [0.15, 0.2) is 23.3 Å². The molecule has 0 spiro atoms. The number of nitrogens with zero attached hydrogens (tertiary/aromatic N) is 5. The average Bonchev–Trinajstić information content (AvgIpc) is 3.41. The summed E-state index contributed by atoms with van der Waals surface area (Å²) in [5.74, 6) is -2.41. The van der Waals surface area contributed by atoms with Gasteiger partial charge in [0.05, 0.1) is 34.9 Å². The lowest BCUT2D eigenvalue weighted by Crippen LogP contribution is -2.33. The summed E-state index contributed by atoms with van der Waals surface area (Å²) in [6, 6.07) is -6.04. The summed E-state index contributed by atoms with van der Waals surface area (Å²) in [6.45, 7) is 1.57. The molecular weight excluding hydrogens is 487 g/mol. The van der Waals surface area contributed by atoms with Crippen molar-refractivity contribution in [3.05, 3.63) is 35.1 Å². The van der Waals surface area contributed by atoms with Crippen LogP contribution in [0.3, 0.4) is 0 Å². The number of halogens is 1. The van der Waals surface area contributed by atoms with Crippen molar-refractivity contribution in [1.29, 1.82) is 0 Å². The first-order chi connectivity index (χ1) is 21.2. The molecule has 5 rings (SSSR count). The van der Waals surface area contributed by atoms with Crippen molar-refractivity contribution >= 4 is 28.7 Å². The van der Waals surface area contributed by atoms with Crippen LogP contribution < -0.4 is 5.32 Å². The maximum atomic E-state index is 14.7. The summed E-state index contributed by atoms with van der Waals surface area (Å²) in [5.41, 5.74) is -1.23. The summed E-state index contributed by atoms with van der Waals surface area (Å²) in [4.78, 5) is 8.70. The van der Waals surface area contributed by atoms with Gasteiger partial charge >= 0.3 is 0 Å². The van der Waals surface area contributed by atoms with Crippen LogP contribution in [0.5, 0.6) is 0 Å². The number of ether oxygens (including phenoxy) is 1. The van der Waals surface area contributed by atoms with E-state index in [9.17, 15) is 19.7 Å². The molecule has 2 aliphatic carbocycles. The van der Waals surface area contributed by atoms with Crippen LogP contribution in [-0.2, 0) is 4.74 Å². The van der Waals surface area contributed by atoms with E-state index in [4.69, 9.17) is 18.4 Å². The van der Waals surface area contributed by atoms with E-state index in [1.54, 1.807) is 0 Å². The minimum atomic E-state index is -3.86. The second-order valence-electron chi connectivity index (χ2n) is 8.06. The summed E-state index contributed by atoms with van der Waals surface area (Å²) in [5, 5.41) is 41.9. The fourth-order valence-electron chi connectivity index (χ4n) is 3.50. The van der Waals surface area contributed by atoms with Crippen molar-refractivity contribution in [2.24, 2.45) is 0 Å². The largest absolute Gasteiger partial charge is 0.394 e. The summed E-state index contributed by atoms with van der Waals surface area (Å²) in [7, 11) is 0. The van der Waals surface area contributed by atoms with E-state index in [0.29, 0.717) is 16.9 Å². The molecule has 0 amide bonds. The predicted molar refractivity (Wildman–Crippen MR) is 133 cm³/mol. The molecule has 0 bridgehead atoms. The van der Waals surface area contributed by atoms with Crippen LogP contribution in [0.1, 0.15) is 62.9 Å². The third-order valence-corrected chi connectivity index (χ3v) is 6.47. The highest BCUT2D eigenvalue weighted by Gasteiger charge is 2.45. The number of nitrogens with one attached hydrogen (secondary N) is 1. The first-order valence-electron chi connectivity index (χ1n) is 16.2. The van der Waals surface area contributed by atoms with E-state index >= 15 is 0 Å². The molecule has 1 aromatic carbocycles. The number of aromatic nitrogens is 5. The van der Waals surface area contributed by atoms with Crippen molar-refractivity contribution in [1.82, 2.24) is 25.0 Å². The first-order valence-corrected chi connectivity index (χ1v) is 12.2. The highest BCUT2D eigenvalue weighted by atomic mass is 32.2. The van der Waals surface area contributed by atoms with Crippen molar-refractivity contribution in [2.75, 3.05) is 24.3 Å². The molecule has 2 saturated carbocycles. The maximum absolute atomic E-state index is 14.7. The first kappa shape index (κ1) is 15.8. The van der Waals surface area contributed by atoms with Crippen LogP contribution >= 0.6 is 11.8 Å². The second-order valence-corrected chi connectivity index (χ2v) is 9.13. The smallest absolute Gasteiger partial charge is 0.191 e. The minimum Gasteiger partial charge on any atom is -0.394 e. The van der Waals surface area contributed by atoms with E-state index in [0.717, 1.165) is 11.8 Å². The Morgan fingerprint density at radius 2 is 2.19 bits per heavy atom. The van der Waals surface area contributed by atoms with E-state index in [2.05, 4.69) is 25.6 Å². The standard InChI is InChI=1S/C24H31FN6O4S/c1-3-8-36-24-27-22(26-16-10-14(16)13-5-4-12(2)15(25)9-13)19-23(28-24)31(30-29-19)17-11-18(35-7-6-32)21(34)20(17)33/h4-5,9,14,16-18,20-21,32-34H,3,6-8,10-11H2,1-2H3,(H,26,27,28)/t14-,16+,17+,18-,20-,21+/m0/s1/i4D,5D,9D,11D2,14D,17D,18D,20D,21D. The van der Waals surface area contributed by atoms with Gasteiger partial charge in [-0.1, -0.05) is 36.0 Å². The third kappa shape index (κ3) is 4.92. The number of fused-ring (bicyclic) bond motifs is 1. The lowest BCUT2D eigenvalue weighted by atomic mass is 10.1. The molecule has 2 aliphatic rings. The molecular formula is C24H31FN6O4S. The van der Waals surface area contributed by atoms with Gasteiger partial charge in [-0.2, -0.15) is 0 Å². The van der Waals surface area contributed by atoms with E-state index in [1.165, 1.54) is 6.92 Å². The molecule has 0 unspecified atom stereocenters. The Kier molecular flexibility index (Phi) is 4.62. The van der Waals surface area contributed by atoms with Crippen LogP contribution in [-0.4, -0.2) is 83.5 Å². The number of anilines is 1. The van der Waals surface area contributed by atoms with Crippen LogP contribution in [0, 0.1) is 12.7 Å². The average molecular weight is 529 g/mol. The molecule has 2 heterocycles. The third-order valence-electron chi connectivity index (χ3n) is 5.42. The molecule has 2 fully saturated rings. The van der Waals surface area contributed by atoms with Crippen LogP contribution in [0.25, 0.3) is 11.2 Å². The molecule has 0 aliphatic heterocycles. The monoisotopic (exact) mass is 528 g/mol. The molecule has 12 heteroatoms. The van der Waals surface area contributed by atoms with Gasteiger partial charge in [0.1, 0.15) is 18.0 Å². The predicted octanol–water partition coefficient (Wildman–Crippen LogP) is 2.18. The van der Waals surface area contributed by atoms with Crippen molar-refractivity contribution in [3.63, 3.8) is 0 Å². The summed E-state index contributed by atoms with van der Waals surface area (Å²) < 4.78 is 105. The quantitative estimate of drug-likeness (QED) is 0.229. The second kappa shape index (κ2) is 10.5. The Hall–Kier alpha value is -2.38. The molecule has 6 atom stereocenters. The Morgan fingerprint density at radius 1 is 1.36 bits per heavy atom. The maximum Gasteiger partial charge on any atom is 0.191 e. The number of hydrogen-bond acceptors (Lipinski definition) is 10. The van der Waals surface area contributed by atoms with Crippen molar-refractivity contribution in [2.45, 2.75) is 74.4 Å². The van der Waals surface area contributed by atoms with Gasteiger partial charge in [-0.15, -0.1) is 5.10 Å². The number of aliphatic hydroxyl groups excluding tert-OH is 1. The van der Waals surface area contributed by atoms with Crippen LogP contribution in [0.2, 0.25) is 0 Å². The van der Waals surface area contributed by atoms with Crippen molar-refractivity contribution in [3.8, 4) is 0 Å². The molecule has 4 N–H and O–H groups in total. The Labute approximate surface area is 226 Å². The molecule has 3 aromatic rings. The normalized spacial score (nSPS) is 43.2. The molecule has 0 radical (unpaired) electrons. The van der Waals surface area contributed by atoms with E-state index < -0.39 is 85.4 Å². The van der Waals surface area contributed by atoms with Gasteiger partial charge in [0, 0.05) is 28.2 Å². The van der Waals surface area contributed by atoms with E-state index in [1.807, 2.05) is 6.92 Å². The van der Waals surface area contributed by atoms with Gasteiger partial charge in [-0.05, 0) is 36.9 Å². The zero-order valence-corrected chi connectivity index (χ0v) is 20.2. The Balaban J connectivity index is 1.65. The molecule has 10 nitrogen and oxygen atoms in total. The highest BCUT2D eigenvalue weighted by molar-refractivity contribution is 7.99. The van der Waals surface area contributed by atoms with Gasteiger partial charge in [-0.3, -0.25) is 0 Å². The lowest BCUT2D eigenvalue weighted by Gasteiger charge is -2.17. The Morgan fingerprint density at radius 3 is 2.97 bits per heavy atom. The van der Waals surface area contributed by atoms with Crippen LogP contribution in [0.4, 0.5) is 10.2 Å². The minimum absolute atomic E-state index is 0.0132. The summed E-state index contributed by atoms with van der Waals surface area (Å²) in [6.07, 6.45) is -14.2. The number of thioether (sulfide) groups is 1. The van der Waals surface area contributed by atoms with Gasteiger partial charge < -0.3 is 25.4 Å². The van der Waals surface area contributed by atoms with E-state index in [-0.39, 0.29) is 34.0 Å². The zero-order chi connectivity index (χ0) is 34.4. The lowest BCUT2D eigenvalue weighted by molar-refractivity contribution is -0.0629. The van der Waals surface area contributed by atoms with Gasteiger partial charge in [0.15, 0.2) is 22.1 Å². The number of benzene rings is 1. The molecule has 0 saturated heterocycles. The Bertz CT molecular complexity index is 1690. The van der Waals surface area contributed by atoms with Gasteiger partial charge in [-0.25, -0.2) is 19.0 Å². The number of rotatable bonds is 10. The zero-order valence-electron chi connectivity index (χ0n) is 29.4. The fourth-order valence-corrected chi connectivity index (χ4v) is 4.20. The fraction of sp³-hybridized carbons (Fsp3) is 0.583. The molecule has 2 aromatic heterocycles. The topological polar surface area (TPSA) is 138 Å². The SMILES string of the molecule is [2H]c1c([2H])c([C@]2([2H])C[C@H]2Nc2nc(SCCC)nc3c2nnn3[C@]2([2H])C([2H])([2H])[C@]([2H])(OCCO)[C@@]([2H])(O)[C@@]2([2H])O)c([2H])c(F)c1C. The van der Waals surface area contributed by atoms with Gasteiger partial charge in [0.2, 0.25) is 0 Å². The number of aliphatic hydroxyl groups is 3. The highest BCUT2D eigenvalue weighted by Crippen LogP contribution is 2.44. The molecule has 194 valence electrons.